The van der Waals surface area contributed by atoms with Gasteiger partial charge in [0, 0.05) is 7.05 Å². The number of hydrogen-bond donors (Lipinski definition) is 1. The molecule has 1 unspecified atom stereocenters. The van der Waals surface area contributed by atoms with Crippen LogP contribution in [0.5, 0.6) is 0 Å². The highest BCUT2D eigenvalue weighted by atomic mass is 35.5. The largest absolute Gasteiger partial charge is 0.397 e. The van der Waals surface area contributed by atoms with Crippen molar-refractivity contribution in [3.8, 4) is 0 Å². The molecule has 1 atom stereocenters. The molecule has 104 valence electrons. The summed E-state index contributed by atoms with van der Waals surface area (Å²) in [6, 6.07) is 11.3. The van der Waals surface area contributed by atoms with Crippen LogP contribution in [0.15, 0.2) is 42.6 Å². The maximum absolute atomic E-state index is 12.5. The van der Waals surface area contributed by atoms with Crippen LogP contribution < -0.4 is 5.73 Å². The molecule has 1 aromatic carbocycles. The number of aromatic nitrogens is 1. The van der Waals surface area contributed by atoms with Crippen LogP contribution in [-0.4, -0.2) is 22.8 Å². The first kappa shape index (κ1) is 14.3. The van der Waals surface area contributed by atoms with Crippen molar-refractivity contribution in [3.05, 3.63) is 58.9 Å². The summed E-state index contributed by atoms with van der Waals surface area (Å²) < 4.78 is 0. The Morgan fingerprint density at radius 3 is 2.65 bits per heavy atom. The highest BCUT2D eigenvalue weighted by molar-refractivity contribution is 6.32. The minimum atomic E-state index is -0.203. The Bertz CT molecular complexity index is 616. The van der Waals surface area contributed by atoms with Crippen molar-refractivity contribution in [2.24, 2.45) is 0 Å². The maximum atomic E-state index is 12.5. The second-order valence-electron chi connectivity index (χ2n) is 4.61. The van der Waals surface area contributed by atoms with Gasteiger partial charge in [-0.15, -0.1) is 0 Å². The third-order valence-corrected chi connectivity index (χ3v) is 3.58. The van der Waals surface area contributed by atoms with Crippen LogP contribution in [0.25, 0.3) is 0 Å². The van der Waals surface area contributed by atoms with Crippen molar-refractivity contribution in [1.29, 1.82) is 0 Å². The average Bonchev–Trinajstić information content (AvgIpc) is 2.48. The number of pyridine rings is 1. The lowest BCUT2D eigenvalue weighted by Crippen LogP contribution is -2.30. The fourth-order valence-corrected chi connectivity index (χ4v) is 2.12. The van der Waals surface area contributed by atoms with E-state index in [-0.39, 0.29) is 17.1 Å². The van der Waals surface area contributed by atoms with Gasteiger partial charge in [0.1, 0.15) is 5.15 Å². The van der Waals surface area contributed by atoms with Crippen LogP contribution in [0.3, 0.4) is 0 Å². The van der Waals surface area contributed by atoms with Crippen molar-refractivity contribution in [1.82, 2.24) is 9.88 Å². The quantitative estimate of drug-likeness (QED) is 0.883. The van der Waals surface area contributed by atoms with E-state index in [2.05, 4.69) is 4.98 Å². The summed E-state index contributed by atoms with van der Waals surface area (Å²) in [7, 11) is 1.74. The number of benzene rings is 1. The van der Waals surface area contributed by atoms with Crippen molar-refractivity contribution < 1.29 is 4.79 Å². The van der Waals surface area contributed by atoms with E-state index in [0.717, 1.165) is 5.56 Å². The number of halogens is 1. The minimum Gasteiger partial charge on any atom is -0.397 e. The van der Waals surface area contributed by atoms with Crippen molar-refractivity contribution in [2.75, 3.05) is 12.8 Å². The third-order valence-electron chi connectivity index (χ3n) is 3.27. The van der Waals surface area contributed by atoms with E-state index < -0.39 is 0 Å². The SMILES string of the molecule is CC(c1ccccc1)N(C)C(=O)c1cc(N)cnc1Cl. The Morgan fingerprint density at radius 2 is 2.00 bits per heavy atom. The van der Waals surface area contributed by atoms with Crippen LogP contribution >= 0.6 is 11.6 Å². The molecule has 2 rings (SSSR count). The molecule has 0 saturated carbocycles. The topological polar surface area (TPSA) is 59.2 Å². The summed E-state index contributed by atoms with van der Waals surface area (Å²) >= 11 is 5.97. The van der Waals surface area contributed by atoms with E-state index >= 15 is 0 Å². The van der Waals surface area contributed by atoms with Gasteiger partial charge in [0.25, 0.3) is 5.91 Å². The van der Waals surface area contributed by atoms with E-state index in [1.165, 1.54) is 6.20 Å². The second kappa shape index (κ2) is 5.92. The molecule has 0 bridgehead atoms. The third kappa shape index (κ3) is 2.91. The number of carbonyl (C=O) groups excluding carboxylic acids is 1. The van der Waals surface area contributed by atoms with Crippen molar-refractivity contribution >= 4 is 23.2 Å². The van der Waals surface area contributed by atoms with Gasteiger partial charge >= 0.3 is 0 Å². The van der Waals surface area contributed by atoms with Gasteiger partial charge in [0.05, 0.1) is 23.5 Å². The zero-order valence-corrected chi connectivity index (χ0v) is 12.1. The number of carbonyl (C=O) groups is 1. The predicted octanol–water partition coefficient (Wildman–Crippen LogP) is 3.15. The maximum Gasteiger partial charge on any atom is 0.257 e. The normalized spacial score (nSPS) is 11.9. The van der Waals surface area contributed by atoms with Crippen LogP contribution in [0.2, 0.25) is 5.15 Å². The lowest BCUT2D eigenvalue weighted by atomic mass is 10.1. The van der Waals surface area contributed by atoms with E-state index in [1.807, 2.05) is 37.3 Å². The molecule has 1 amide bonds. The fourth-order valence-electron chi connectivity index (χ4n) is 1.94. The van der Waals surface area contributed by atoms with Gasteiger partial charge in [-0.1, -0.05) is 41.9 Å². The number of nitrogens with zero attached hydrogens (tertiary/aromatic N) is 2. The summed E-state index contributed by atoms with van der Waals surface area (Å²) in [4.78, 5) is 18.0. The number of hydrogen-bond acceptors (Lipinski definition) is 3. The monoisotopic (exact) mass is 289 g/mol. The lowest BCUT2D eigenvalue weighted by molar-refractivity contribution is 0.0742. The molecule has 5 heteroatoms. The predicted molar refractivity (Wildman–Crippen MR) is 80.6 cm³/mol. The summed E-state index contributed by atoms with van der Waals surface area (Å²) in [5.41, 5.74) is 7.44. The van der Waals surface area contributed by atoms with Gasteiger partial charge < -0.3 is 10.6 Å². The van der Waals surface area contributed by atoms with E-state index in [9.17, 15) is 4.79 Å². The molecule has 1 aromatic heterocycles. The highest BCUT2D eigenvalue weighted by Crippen LogP contribution is 2.23. The van der Waals surface area contributed by atoms with Crippen LogP contribution in [0.4, 0.5) is 5.69 Å². The summed E-state index contributed by atoms with van der Waals surface area (Å²) in [5.74, 6) is -0.203. The first-order valence-electron chi connectivity index (χ1n) is 6.24. The highest BCUT2D eigenvalue weighted by Gasteiger charge is 2.21. The van der Waals surface area contributed by atoms with Crippen LogP contribution in [0.1, 0.15) is 28.9 Å². The summed E-state index contributed by atoms with van der Waals surface area (Å²) in [6.07, 6.45) is 1.43. The van der Waals surface area contributed by atoms with Gasteiger partial charge in [-0.25, -0.2) is 4.98 Å². The van der Waals surface area contributed by atoms with E-state index in [4.69, 9.17) is 17.3 Å². The minimum absolute atomic E-state index is 0.0683. The molecule has 0 saturated heterocycles. The van der Waals surface area contributed by atoms with Crippen molar-refractivity contribution in [3.63, 3.8) is 0 Å². The first-order chi connectivity index (χ1) is 9.50. The average molecular weight is 290 g/mol. The molecule has 2 N–H and O–H groups in total. The number of anilines is 1. The number of rotatable bonds is 3. The van der Waals surface area contributed by atoms with Crippen molar-refractivity contribution in [2.45, 2.75) is 13.0 Å². The van der Waals surface area contributed by atoms with Gasteiger partial charge in [0.15, 0.2) is 0 Å². The van der Waals surface area contributed by atoms with Gasteiger partial charge in [-0.2, -0.15) is 0 Å². The Labute approximate surface area is 123 Å². The second-order valence-corrected chi connectivity index (χ2v) is 4.97. The van der Waals surface area contributed by atoms with Gasteiger partial charge in [-0.3, -0.25) is 4.79 Å². The molecule has 1 heterocycles. The van der Waals surface area contributed by atoms with Crippen LogP contribution in [0, 0.1) is 0 Å². The molecule has 20 heavy (non-hydrogen) atoms. The Morgan fingerprint density at radius 1 is 1.35 bits per heavy atom. The smallest absolute Gasteiger partial charge is 0.257 e. The molecule has 2 aromatic rings. The van der Waals surface area contributed by atoms with Gasteiger partial charge in [-0.05, 0) is 18.6 Å². The van der Waals surface area contributed by atoms with Crippen LogP contribution in [-0.2, 0) is 0 Å². The molecule has 0 radical (unpaired) electrons. The zero-order chi connectivity index (χ0) is 14.7. The molecular formula is C15H16ClN3O. The fraction of sp³-hybridized carbons (Fsp3) is 0.200. The Hall–Kier alpha value is -2.07. The number of amides is 1. The molecular weight excluding hydrogens is 274 g/mol. The molecule has 0 aliphatic rings. The molecule has 0 fully saturated rings. The number of nitrogen functional groups attached to an aromatic ring is 1. The lowest BCUT2D eigenvalue weighted by Gasteiger charge is -2.25. The number of nitrogens with two attached hydrogens (primary N) is 1. The van der Waals surface area contributed by atoms with Gasteiger partial charge in [0.2, 0.25) is 0 Å². The molecule has 0 aliphatic heterocycles. The van der Waals surface area contributed by atoms with E-state index in [1.54, 1.807) is 18.0 Å². The summed E-state index contributed by atoms with van der Waals surface area (Å²) in [5, 5.41) is 0.163. The Balaban J connectivity index is 2.27. The zero-order valence-electron chi connectivity index (χ0n) is 11.4. The standard InChI is InChI=1S/C15H16ClN3O/c1-10(11-6-4-3-5-7-11)19(2)15(20)13-8-12(17)9-18-14(13)16/h3-10H,17H2,1-2H3. The summed E-state index contributed by atoms with van der Waals surface area (Å²) in [6.45, 7) is 1.96. The molecule has 4 nitrogen and oxygen atoms in total. The molecule has 0 spiro atoms. The Kier molecular flexibility index (Phi) is 4.25. The molecule has 0 aliphatic carbocycles. The first-order valence-corrected chi connectivity index (χ1v) is 6.61. The van der Waals surface area contributed by atoms with E-state index in [0.29, 0.717) is 11.3 Å².